The number of ether oxygens (including phenoxy) is 1. The van der Waals surface area contributed by atoms with Gasteiger partial charge in [-0.3, -0.25) is 0 Å². The maximum Gasteiger partial charge on any atom is 0.206 e. The van der Waals surface area contributed by atoms with Crippen molar-refractivity contribution >= 4 is 24.4 Å². The van der Waals surface area contributed by atoms with E-state index >= 15 is 0 Å². The molecular formula is C17H12N2O2S2. The normalized spacial score (nSPS) is 15.4. The second-order valence-electron chi connectivity index (χ2n) is 5.32. The average molecular weight is 340 g/mol. The van der Waals surface area contributed by atoms with Crippen LogP contribution in [0.5, 0.6) is 17.4 Å². The summed E-state index contributed by atoms with van der Waals surface area (Å²) in [7, 11) is 0. The van der Waals surface area contributed by atoms with Crippen LogP contribution in [-0.4, -0.2) is 15.1 Å². The Morgan fingerprint density at radius 2 is 1.78 bits per heavy atom. The molecule has 0 aliphatic carbocycles. The molecule has 0 bridgehead atoms. The number of fused-ring (bicyclic) bond motifs is 2. The molecule has 2 heterocycles. The summed E-state index contributed by atoms with van der Waals surface area (Å²) >= 11 is 10.6. The van der Waals surface area contributed by atoms with E-state index in [4.69, 9.17) is 29.2 Å². The number of aromatic hydroxyl groups is 1. The minimum atomic E-state index is -0.0915. The molecule has 0 radical (unpaired) electrons. The van der Waals surface area contributed by atoms with E-state index in [0.29, 0.717) is 21.0 Å². The lowest BCUT2D eigenvalue weighted by Gasteiger charge is -2.28. The van der Waals surface area contributed by atoms with Gasteiger partial charge < -0.3 is 19.8 Å². The molecule has 23 heavy (non-hydrogen) atoms. The molecular weight excluding hydrogens is 328 g/mol. The molecule has 1 aliphatic heterocycles. The van der Waals surface area contributed by atoms with Gasteiger partial charge in [0.15, 0.2) is 4.77 Å². The Kier molecular flexibility index (Phi) is 3.28. The number of hydrogen-bond donors (Lipinski definition) is 3. The van der Waals surface area contributed by atoms with Gasteiger partial charge in [-0.25, -0.2) is 0 Å². The Morgan fingerprint density at radius 1 is 1.00 bits per heavy atom. The maximum atomic E-state index is 9.76. The molecule has 0 fully saturated rings. The Morgan fingerprint density at radius 3 is 2.57 bits per heavy atom. The highest BCUT2D eigenvalue weighted by Crippen LogP contribution is 2.47. The number of aromatic nitrogens is 2. The van der Waals surface area contributed by atoms with Crippen LogP contribution in [0, 0.1) is 9.41 Å². The van der Waals surface area contributed by atoms with Crippen LogP contribution in [0.4, 0.5) is 0 Å². The fourth-order valence-corrected chi connectivity index (χ4v) is 3.50. The largest absolute Gasteiger partial charge is 0.508 e. The van der Waals surface area contributed by atoms with E-state index in [2.05, 4.69) is 9.97 Å². The van der Waals surface area contributed by atoms with Gasteiger partial charge >= 0.3 is 0 Å². The summed E-state index contributed by atoms with van der Waals surface area (Å²) in [6.45, 7) is 0. The average Bonchev–Trinajstić information content (AvgIpc) is 2.53. The van der Waals surface area contributed by atoms with Gasteiger partial charge in [-0.05, 0) is 23.8 Å². The lowest BCUT2D eigenvalue weighted by atomic mass is 9.84. The first kappa shape index (κ1) is 14.2. The van der Waals surface area contributed by atoms with Crippen molar-refractivity contribution in [2.24, 2.45) is 0 Å². The highest BCUT2D eigenvalue weighted by Gasteiger charge is 2.30. The molecule has 3 N–H and O–H groups in total. The van der Waals surface area contributed by atoms with E-state index in [1.807, 2.05) is 36.4 Å². The van der Waals surface area contributed by atoms with Gasteiger partial charge in [0.1, 0.15) is 16.1 Å². The Hall–Kier alpha value is -2.44. The number of H-pyrrole nitrogens is 2. The maximum absolute atomic E-state index is 9.76. The van der Waals surface area contributed by atoms with Crippen LogP contribution in [0.3, 0.4) is 0 Å². The van der Waals surface area contributed by atoms with Crippen LogP contribution in [-0.2, 0) is 0 Å². The van der Waals surface area contributed by atoms with E-state index < -0.39 is 0 Å². The van der Waals surface area contributed by atoms with Crippen LogP contribution in [0.2, 0.25) is 0 Å². The topological polar surface area (TPSA) is 61.0 Å². The number of hydrogen-bond acceptors (Lipinski definition) is 4. The quantitative estimate of drug-likeness (QED) is 0.436. The van der Waals surface area contributed by atoms with Crippen molar-refractivity contribution in [3.05, 3.63) is 74.6 Å². The summed E-state index contributed by atoms with van der Waals surface area (Å²) < 4.78 is 6.86. The Labute approximate surface area is 142 Å². The predicted octanol–water partition coefficient (Wildman–Crippen LogP) is 4.79. The molecule has 0 amide bonds. The van der Waals surface area contributed by atoms with Crippen molar-refractivity contribution in [3.8, 4) is 17.4 Å². The Bertz CT molecular complexity index is 1010. The summed E-state index contributed by atoms with van der Waals surface area (Å²) in [5, 5.41) is 9.76. The van der Waals surface area contributed by atoms with Gasteiger partial charge in [-0.1, -0.05) is 48.6 Å². The van der Waals surface area contributed by atoms with E-state index in [-0.39, 0.29) is 11.7 Å². The number of aromatic amines is 2. The van der Waals surface area contributed by atoms with E-state index in [9.17, 15) is 5.11 Å². The predicted molar refractivity (Wildman–Crippen MR) is 92.4 cm³/mol. The zero-order chi connectivity index (χ0) is 16.0. The smallest absolute Gasteiger partial charge is 0.206 e. The summed E-state index contributed by atoms with van der Waals surface area (Å²) in [6.07, 6.45) is 0. The molecule has 0 saturated heterocycles. The van der Waals surface area contributed by atoms with Gasteiger partial charge in [0, 0.05) is 17.5 Å². The molecule has 3 aromatic rings. The van der Waals surface area contributed by atoms with Crippen LogP contribution in [0.25, 0.3) is 0 Å². The van der Waals surface area contributed by atoms with Gasteiger partial charge in [0.25, 0.3) is 0 Å². The number of phenolic OH excluding ortho intramolecular Hbond substituents is 1. The first-order valence-electron chi connectivity index (χ1n) is 7.05. The van der Waals surface area contributed by atoms with Crippen LogP contribution in [0.15, 0.2) is 48.5 Å². The molecule has 114 valence electrons. The molecule has 0 spiro atoms. The first-order chi connectivity index (χ1) is 11.1. The van der Waals surface area contributed by atoms with Crippen molar-refractivity contribution in [2.45, 2.75) is 5.92 Å². The molecule has 4 rings (SSSR count). The highest BCUT2D eigenvalue weighted by molar-refractivity contribution is 7.72. The van der Waals surface area contributed by atoms with Crippen molar-refractivity contribution in [3.63, 3.8) is 0 Å². The molecule has 6 heteroatoms. The van der Waals surface area contributed by atoms with E-state index in [1.165, 1.54) is 0 Å². The lowest BCUT2D eigenvalue weighted by Crippen LogP contribution is -2.14. The third kappa shape index (κ3) is 2.36. The fourth-order valence-electron chi connectivity index (χ4n) is 2.93. The second-order valence-corrected chi connectivity index (χ2v) is 6.14. The van der Waals surface area contributed by atoms with Crippen molar-refractivity contribution in [1.29, 1.82) is 0 Å². The van der Waals surface area contributed by atoms with Gasteiger partial charge in [-0.15, -0.1) is 0 Å². The summed E-state index contributed by atoms with van der Waals surface area (Å²) in [5.74, 6) is 1.17. The lowest BCUT2D eigenvalue weighted by molar-refractivity contribution is 0.420. The highest BCUT2D eigenvalue weighted by atomic mass is 32.1. The van der Waals surface area contributed by atoms with Crippen LogP contribution in [0.1, 0.15) is 22.6 Å². The minimum absolute atomic E-state index is 0.0915. The molecule has 1 atom stereocenters. The second kappa shape index (κ2) is 5.33. The third-order valence-corrected chi connectivity index (χ3v) is 4.41. The summed E-state index contributed by atoms with van der Waals surface area (Å²) in [5.41, 5.74) is 2.89. The standard InChI is InChI=1S/C17H12N2O2S2/c20-10-6-7-11-12(8-10)21-15-14(16(22)19-17(23)18-15)13(11)9-4-2-1-3-5-9/h1-8,13,20H,(H2,18,19,22,23). The van der Waals surface area contributed by atoms with Crippen molar-refractivity contribution < 1.29 is 9.84 Å². The van der Waals surface area contributed by atoms with Crippen LogP contribution < -0.4 is 4.74 Å². The van der Waals surface area contributed by atoms with E-state index in [1.54, 1.807) is 12.1 Å². The molecule has 1 aromatic heterocycles. The number of nitrogens with one attached hydrogen (secondary N) is 2. The molecule has 0 saturated carbocycles. The fraction of sp³-hybridized carbons (Fsp3) is 0.0588. The number of phenols is 1. The molecule has 1 aliphatic rings. The Balaban J connectivity index is 2.05. The molecule has 2 aromatic carbocycles. The van der Waals surface area contributed by atoms with Gasteiger partial charge in [-0.2, -0.15) is 0 Å². The molecule has 1 unspecified atom stereocenters. The zero-order valence-electron chi connectivity index (χ0n) is 11.9. The van der Waals surface area contributed by atoms with E-state index in [0.717, 1.165) is 16.7 Å². The van der Waals surface area contributed by atoms with Crippen molar-refractivity contribution in [2.75, 3.05) is 0 Å². The minimum Gasteiger partial charge on any atom is -0.508 e. The molecule has 4 nitrogen and oxygen atoms in total. The number of rotatable bonds is 1. The SMILES string of the molecule is Oc1ccc2c(c1)Oc1[nH]c(=S)[nH]c(=S)c1C2c1ccccc1. The zero-order valence-corrected chi connectivity index (χ0v) is 13.5. The summed E-state index contributed by atoms with van der Waals surface area (Å²) in [4.78, 5) is 6.00. The van der Waals surface area contributed by atoms with Crippen molar-refractivity contribution in [1.82, 2.24) is 9.97 Å². The monoisotopic (exact) mass is 340 g/mol. The van der Waals surface area contributed by atoms with Gasteiger partial charge in [0.2, 0.25) is 5.88 Å². The van der Waals surface area contributed by atoms with Crippen LogP contribution >= 0.6 is 24.4 Å². The third-order valence-electron chi connectivity index (χ3n) is 3.89. The number of benzene rings is 2. The summed E-state index contributed by atoms with van der Waals surface area (Å²) in [6, 6.07) is 15.2. The first-order valence-corrected chi connectivity index (χ1v) is 7.87. The van der Waals surface area contributed by atoms with Gasteiger partial charge in [0.05, 0.1) is 5.56 Å².